The van der Waals surface area contributed by atoms with Crippen LogP contribution in [-0.2, 0) is 6.42 Å². The van der Waals surface area contributed by atoms with Crippen molar-refractivity contribution in [3.05, 3.63) is 76.0 Å². The Hall–Kier alpha value is -3.80. The molecule has 7 nitrogen and oxygen atoms in total. The fourth-order valence-corrected chi connectivity index (χ4v) is 3.83. The van der Waals surface area contributed by atoms with Gasteiger partial charge in [0.15, 0.2) is 0 Å². The lowest BCUT2D eigenvalue weighted by Gasteiger charge is -2.32. The van der Waals surface area contributed by atoms with Crippen molar-refractivity contribution in [1.29, 1.82) is 5.26 Å². The number of halogens is 2. The van der Waals surface area contributed by atoms with Gasteiger partial charge < -0.3 is 9.64 Å². The number of pyridine rings is 1. The number of ether oxygens (including phenoxy) is 1. The van der Waals surface area contributed by atoms with E-state index in [1.807, 2.05) is 12.4 Å². The highest BCUT2D eigenvalue weighted by Crippen LogP contribution is 2.22. The normalized spacial score (nSPS) is 14.2. The number of hydrogen-bond donors (Lipinski definition) is 0. The van der Waals surface area contributed by atoms with Gasteiger partial charge in [0.2, 0.25) is 5.95 Å². The molecule has 0 saturated carbocycles. The summed E-state index contributed by atoms with van der Waals surface area (Å²) in [6.45, 7) is 3.57. The third-order valence-electron chi connectivity index (χ3n) is 5.57. The molecule has 3 aromatic rings. The molecule has 0 radical (unpaired) electrons. The van der Waals surface area contributed by atoms with E-state index in [-0.39, 0.29) is 11.8 Å². The first-order valence-electron chi connectivity index (χ1n) is 10.8. The zero-order valence-corrected chi connectivity index (χ0v) is 18.2. The van der Waals surface area contributed by atoms with E-state index in [2.05, 4.69) is 21.8 Å². The summed E-state index contributed by atoms with van der Waals surface area (Å²) < 4.78 is 35.1. The van der Waals surface area contributed by atoms with Gasteiger partial charge in [0, 0.05) is 56.7 Å². The highest BCUT2D eigenvalue weighted by molar-refractivity contribution is 5.43. The van der Waals surface area contributed by atoms with Gasteiger partial charge in [-0.25, -0.2) is 18.7 Å². The van der Waals surface area contributed by atoms with Crippen LogP contribution < -0.4 is 15.2 Å². The van der Waals surface area contributed by atoms with Crippen molar-refractivity contribution in [2.75, 3.05) is 18.0 Å². The van der Waals surface area contributed by atoms with Gasteiger partial charge in [0.25, 0.3) is 5.56 Å². The molecule has 0 N–H and O–H groups in total. The molecule has 0 amide bonds. The van der Waals surface area contributed by atoms with Crippen LogP contribution in [-0.4, -0.2) is 33.7 Å². The molecular formula is C24H23F2N5O2. The number of aryl methyl sites for hydroxylation is 1. The number of nitriles is 1. The fraction of sp³-hybridized carbons (Fsp3) is 0.333. The van der Waals surface area contributed by atoms with Crippen LogP contribution in [0, 0.1) is 23.0 Å². The molecular weight excluding hydrogens is 428 g/mol. The highest BCUT2D eigenvalue weighted by atomic mass is 19.1. The molecule has 1 fully saturated rings. The van der Waals surface area contributed by atoms with Crippen molar-refractivity contribution in [3.63, 3.8) is 0 Å². The average Bonchev–Trinajstić information content (AvgIpc) is 2.82. The largest absolute Gasteiger partial charge is 0.490 e. The van der Waals surface area contributed by atoms with E-state index in [1.54, 1.807) is 12.1 Å². The van der Waals surface area contributed by atoms with Crippen molar-refractivity contribution in [2.24, 2.45) is 0 Å². The minimum atomic E-state index is -0.892. The summed E-state index contributed by atoms with van der Waals surface area (Å²) in [5.74, 6) is -0.685. The molecule has 2 aromatic heterocycles. The molecule has 0 atom stereocenters. The zero-order chi connectivity index (χ0) is 23.4. The van der Waals surface area contributed by atoms with Crippen LogP contribution >= 0.6 is 0 Å². The van der Waals surface area contributed by atoms with Crippen molar-refractivity contribution in [3.8, 4) is 17.5 Å². The van der Waals surface area contributed by atoms with Crippen molar-refractivity contribution in [1.82, 2.24) is 14.5 Å². The molecule has 0 unspecified atom stereocenters. The second-order valence-corrected chi connectivity index (χ2v) is 7.91. The predicted molar refractivity (Wildman–Crippen MR) is 119 cm³/mol. The smallest absolute Gasteiger partial charge is 0.258 e. The fourth-order valence-electron chi connectivity index (χ4n) is 3.83. The number of piperidine rings is 1. The maximum absolute atomic E-state index is 14.3. The zero-order valence-electron chi connectivity index (χ0n) is 18.2. The van der Waals surface area contributed by atoms with Crippen molar-refractivity contribution >= 4 is 5.95 Å². The lowest BCUT2D eigenvalue weighted by atomic mass is 10.1. The first-order chi connectivity index (χ1) is 16.0. The van der Waals surface area contributed by atoms with Crippen LogP contribution in [0.4, 0.5) is 14.7 Å². The van der Waals surface area contributed by atoms with Crippen LogP contribution in [0.15, 0.2) is 47.7 Å². The molecule has 1 aliphatic heterocycles. The minimum absolute atomic E-state index is 0.0834. The number of hydrogen-bond acceptors (Lipinski definition) is 6. The first kappa shape index (κ1) is 22.4. The topological polar surface area (TPSA) is 84.0 Å². The maximum atomic E-state index is 14.3. The molecule has 0 aliphatic carbocycles. The Labute approximate surface area is 189 Å². The second kappa shape index (κ2) is 9.77. The summed E-state index contributed by atoms with van der Waals surface area (Å²) >= 11 is 0. The van der Waals surface area contributed by atoms with Crippen LogP contribution in [0.1, 0.15) is 37.3 Å². The molecule has 1 aliphatic rings. The van der Waals surface area contributed by atoms with Gasteiger partial charge in [-0.3, -0.25) is 9.36 Å². The number of benzene rings is 1. The predicted octanol–water partition coefficient (Wildman–Crippen LogP) is 3.78. The summed E-state index contributed by atoms with van der Waals surface area (Å²) in [4.78, 5) is 23.5. The number of anilines is 1. The van der Waals surface area contributed by atoms with Gasteiger partial charge in [-0.05, 0) is 24.1 Å². The summed E-state index contributed by atoms with van der Waals surface area (Å²) in [6.07, 6.45) is 8.47. The maximum Gasteiger partial charge on any atom is 0.258 e. The van der Waals surface area contributed by atoms with Crippen molar-refractivity contribution < 1.29 is 13.5 Å². The summed E-state index contributed by atoms with van der Waals surface area (Å²) in [6, 6.07) is 5.97. The summed E-state index contributed by atoms with van der Waals surface area (Å²) in [5.41, 5.74) is -0.120. The molecule has 9 heteroatoms. The molecule has 3 heterocycles. The Morgan fingerprint density at radius 1 is 1.15 bits per heavy atom. The number of nitrogens with zero attached hydrogens (tertiary/aromatic N) is 5. The lowest BCUT2D eigenvalue weighted by Crippen LogP contribution is -2.39. The van der Waals surface area contributed by atoms with Gasteiger partial charge in [-0.1, -0.05) is 13.3 Å². The Morgan fingerprint density at radius 2 is 1.88 bits per heavy atom. The average molecular weight is 451 g/mol. The van der Waals surface area contributed by atoms with E-state index in [0.717, 1.165) is 61.0 Å². The quantitative estimate of drug-likeness (QED) is 0.567. The summed E-state index contributed by atoms with van der Waals surface area (Å²) in [5, 5.41) is 8.81. The van der Waals surface area contributed by atoms with E-state index < -0.39 is 22.8 Å². The minimum Gasteiger partial charge on any atom is -0.490 e. The SMILES string of the molecule is CCCc1cnc(N2CCC(Oc3ccn(-c4cc(F)c(C#N)cc4F)c(=O)c3)CC2)nc1. The van der Waals surface area contributed by atoms with Crippen LogP contribution in [0.5, 0.6) is 5.75 Å². The monoisotopic (exact) mass is 451 g/mol. The third-order valence-corrected chi connectivity index (χ3v) is 5.57. The van der Waals surface area contributed by atoms with Gasteiger partial charge in [0.05, 0.1) is 11.3 Å². The van der Waals surface area contributed by atoms with Gasteiger partial charge >= 0.3 is 0 Å². The Bertz CT molecular complexity index is 1230. The standard InChI is InChI=1S/C24H23F2N5O2/c1-2-3-16-14-28-24(29-15-16)30-7-4-18(5-8-30)33-19-6-9-31(23(32)11-19)22-12-20(25)17(13-27)10-21(22)26/h6,9-12,14-15,18H,2-5,7-8H2,1H3. The van der Waals surface area contributed by atoms with E-state index in [0.29, 0.717) is 11.7 Å². The van der Waals surface area contributed by atoms with Crippen LogP contribution in [0.2, 0.25) is 0 Å². The Kier molecular flexibility index (Phi) is 6.63. The molecule has 0 bridgehead atoms. The van der Waals surface area contributed by atoms with Gasteiger partial charge in [0.1, 0.15) is 29.6 Å². The van der Waals surface area contributed by atoms with E-state index in [9.17, 15) is 13.6 Å². The molecule has 170 valence electrons. The summed E-state index contributed by atoms with van der Waals surface area (Å²) in [7, 11) is 0. The van der Waals surface area contributed by atoms with Crippen LogP contribution in [0.3, 0.4) is 0 Å². The molecule has 0 spiro atoms. The van der Waals surface area contributed by atoms with Crippen molar-refractivity contribution in [2.45, 2.75) is 38.7 Å². The molecule has 33 heavy (non-hydrogen) atoms. The highest BCUT2D eigenvalue weighted by Gasteiger charge is 2.22. The third kappa shape index (κ3) is 5.00. The number of rotatable bonds is 6. The van der Waals surface area contributed by atoms with E-state index in [1.165, 1.54) is 12.3 Å². The number of aromatic nitrogens is 3. The first-order valence-corrected chi connectivity index (χ1v) is 10.8. The van der Waals surface area contributed by atoms with Crippen LogP contribution in [0.25, 0.3) is 5.69 Å². The second-order valence-electron chi connectivity index (χ2n) is 7.91. The van der Waals surface area contributed by atoms with Gasteiger partial charge in [-0.2, -0.15) is 5.26 Å². The molecule has 4 rings (SSSR count). The lowest BCUT2D eigenvalue weighted by molar-refractivity contribution is 0.170. The Balaban J connectivity index is 1.40. The molecule has 1 aromatic carbocycles. The molecule has 1 saturated heterocycles. The van der Waals surface area contributed by atoms with Gasteiger partial charge in [-0.15, -0.1) is 0 Å². The van der Waals surface area contributed by atoms with E-state index >= 15 is 0 Å². The van der Waals surface area contributed by atoms with E-state index in [4.69, 9.17) is 10.00 Å². The Morgan fingerprint density at radius 3 is 2.52 bits per heavy atom.